The fraction of sp³-hybridized carbons (Fsp3) is 0.500. The van der Waals surface area contributed by atoms with E-state index in [4.69, 9.17) is 16.3 Å². The quantitative estimate of drug-likeness (QED) is 0.757. The van der Waals surface area contributed by atoms with E-state index in [-0.39, 0.29) is 11.9 Å². The molecule has 2 amide bonds. The molecular weight excluding hydrogens is 304 g/mol. The molecule has 1 rings (SSSR count). The highest BCUT2D eigenvalue weighted by Gasteiger charge is 2.26. The van der Waals surface area contributed by atoms with Gasteiger partial charge in [0.25, 0.3) is 0 Å². The van der Waals surface area contributed by atoms with Crippen LogP contribution >= 0.6 is 11.6 Å². The van der Waals surface area contributed by atoms with Crippen LogP contribution in [0.25, 0.3) is 0 Å². The monoisotopic (exact) mass is 326 g/mol. The SMILES string of the molecule is CC[C@@H](C)[C@H](NC(=O)NCCc1ccc(Cl)cc1)C(=O)OC. The molecule has 0 radical (unpaired) electrons. The maximum Gasteiger partial charge on any atom is 0.328 e. The van der Waals surface area contributed by atoms with Crippen LogP contribution in [0.4, 0.5) is 4.79 Å². The number of ether oxygens (including phenoxy) is 1. The Morgan fingerprint density at radius 2 is 1.91 bits per heavy atom. The number of carbonyl (C=O) groups excluding carboxylic acids is 2. The normalized spacial score (nSPS) is 13.1. The van der Waals surface area contributed by atoms with Crippen LogP contribution in [0.2, 0.25) is 5.02 Å². The maximum atomic E-state index is 11.9. The van der Waals surface area contributed by atoms with Crippen molar-refractivity contribution >= 4 is 23.6 Å². The van der Waals surface area contributed by atoms with E-state index in [0.717, 1.165) is 12.0 Å². The number of esters is 1. The lowest BCUT2D eigenvalue weighted by Crippen LogP contribution is -2.49. The number of carbonyl (C=O) groups is 2. The van der Waals surface area contributed by atoms with Gasteiger partial charge in [-0.3, -0.25) is 0 Å². The van der Waals surface area contributed by atoms with Crippen LogP contribution in [0, 0.1) is 5.92 Å². The van der Waals surface area contributed by atoms with Crippen LogP contribution in [0.15, 0.2) is 24.3 Å². The first-order valence-corrected chi connectivity index (χ1v) is 7.72. The standard InChI is InChI=1S/C16H23ClN2O3/c1-4-11(2)14(15(20)22-3)19-16(21)18-10-9-12-5-7-13(17)8-6-12/h5-8,11,14H,4,9-10H2,1-3H3,(H2,18,19,21)/t11-,14+/m1/s1. The molecule has 2 atom stereocenters. The second-order valence-corrected chi connectivity index (χ2v) is 5.60. The second-order valence-electron chi connectivity index (χ2n) is 5.16. The van der Waals surface area contributed by atoms with Crippen molar-refractivity contribution in [2.45, 2.75) is 32.7 Å². The fourth-order valence-electron chi connectivity index (χ4n) is 1.96. The third-order valence-electron chi connectivity index (χ3n) is 3.57. The molecule has 1 aromatic rings. The van der Waals surface area contributed by atoms with Gasteiger partial charge < -0.3 is 15.4 Å². The Balaban J connectivity index is 2.43. The van der Waals surface area contributed by atoms with E-state index in [2.05, 4.69) is 10.6 Å². The van der Waals surface area contributed by atoms with Gasteiger partial charge in [-0.2, -0.15) is 0 Å². The van der Waals surface area contributed by atoms with E-state index in [1.807, 2.05) is 38.1 Å². The zero-order valence-corrected chi connectivity index (χ0v) is 13.9. The minimum absolute atomic E-state index is 0.00876. The number of nitrogens with one attached hydrogen (secondary N) is 2. The summed E-state index contributed by atoms with van der Waals surface area (Å²) in [7, 11) is 1.32. The Morgan fingerprint density at radius 3 is 2.45 bits per heavy atom. The van der Waals surface area contributed by atoms with Crippen LogP contribution in [-0.2, 0) is 16.0 Å². The minimum Gasteiger partial charge on any atom is -0.467 e. The first kappa shape index (κ1) is 18.3. The Kier molecular flexibility index (Phi) is 7.74. The highest BCUT2D eigenvalue weighted by Crippen LogP contribution is 2.10. The number of hydrogen-bond donors (Lipinski definition) is 2. The lowest BCUT2D eigenvalue weighted by atomic mass is 9.99. The Hall–Kier alpha value is -1.75. The van der Waals surface area contributed by atoms with Crippen molar-refractivity contribution < 1.29 is 14.3 Å². The van der Waals surface area contributed by atoms with Crippen LogP contribution < -0.4 is 10.6 Å². The second kappa shape index (κ2) is 9.30. The summed E-state index contributed by atoms with van der Waals surface area (Å²) in [5, 5.41) is 6.10. The summed E-state index contributed by atoms with van der Waals surface area (Å²) in [4.78, 5) is 23.6. The first-order valence-electron chi connectivity index (χ1n) is 7.34. The molecule has 22 heavy (non-hydrogen) atoms. The van der Waals surface area contributed by atoms with E-state index >= 15 is 0 Å². The predicted octanol–water partition coefficient (Wildman–Crippen LogP) is 2.77. The van der Waals surface area contributed by atoms with Gasteiger partial charge in [0.2, 0.25) is 0 Å². The Bertz CT molecular complexity index is 491. The van der Waals surface area contributed by atoms with E-state index in [9.17, 15) is 9.59 Å². The number of halogens is 1. The largest absolute Gasteiger partial charge is 0.467 e. The molecular formula is C16H23ClN2O3. The van der Waals surface area contributed by atoms with Crippen molar-refractivity contribution in [3.8, 4) is 0 Å². The molecule has 0 saturated heterocycles. The van der Waals surface area contributed by atoms with Gasteiger partial charge in [0, 0.05) is 11.6 Å². The van der Waals surface area contributed by atoms with Gasteiger partial charge in [-0.25, -0.2) is 9.59 Å². The summed E-state index contributed by atoms with van der Waals surface area (Å²) >= 11 is 5.82. The fourth-order valence-corrected chi connectivity index (χ4v) is 2.09. The van der Waals surface area contributed by atoms with Crippen molar-refractivity contribution in [3.63, 3.8) is 0 Å². The zero-order valence-electron chi connectivity index (χ0n) is 13.2. The molecule has 122 valence electrons. The van der Waals surface area contributed by atoms with Gasteiger partial charge in [0.15, 0.2) is 0 Å². The predicted molar refractivity (Wildman–Crippen MR) is 86.9 cm³/mol. The molecule has 6 heteroatoms. The average Bonchev–Trinajstić information content (AvgIpc) is 2.53. The highest BCUT2D eigenvalue weighted by molar-refractivity contribution is 6.30. The maximum absolute atomic E-state index is 11.9. The molecule has 0 saturated carbocycles. The molecule has 0 heterocycles. The lowest BCUT2D eigenvalue weighted by molar-refractivity contribution is -0.144. The molecule has 0 bridgehead atoms. The topological polar surface area (TPSA) is 67.4 Å². The van der Waals surface area contributed by atoms with Crippen molar-refractivity contribution in [2.24, 2.45) is 5.92 Å². The van der Waals surface area contributed by atoms with Crippen LogP contribution in [0.3, 0.4) is 0 Å². The van der Waals surface area contributed by atoms with Crippen molar-refractivity contribution in [3.05, 3.63) is 34.9 Å². The van der Waals surface area contributed by atoms with Crippen molar-refractivity contribution in [2.75, 3.05) is 13.7 Å². The van der Waals surface area contributed by atoms with E-state index < -0.39 is 12.0 Å². The summed E-state index contributed by atoms with van der Waals surface area (Å²) in [5.74, 6) is -0.420. The third kappa shape index (κ3) is 5.93. The number of amides is 2. The Labute approximate surface area is 136 Å². The van der Waals surface area contributed by atoms with Gasteiger partial charge in [-0.1, -0.05) is 44.0 Å². The third-order valence-corrected chi connectivity index (χ3v) is 3.82. The number of hydrogen-bond acceptors (Lipinski definition) is 3. The van der Waals surface area contributed by atoms with Gasteiger partial charge >= 0.3 is 12.0 Å². The van der Waals surface area contributed by atoms with Crippen LogP contribution in [0.1, 0.15) is 25.8 Å². The summed E-state index contributed by atoms with van der Waals surface area (Å²) < 4.78 is 4.73. The number of methoxy groups -OCH3 is 1. The Morgan fingerprint density at radius 1 is 1.27 bits per heavy atom. The van der Waals surface area contributed by atoms with E-state index in [0.29, 0.717) is 18.0 Å². The van der Waals surface area contributed by atoms with Crippen LogP contribution in [0.5, 0.6) is 0 Å². The molecule has 0 spiro atoms. The average molecular weight is 327 g/mol. The number of rotatable bonds is 7. The van der Waals surface area contributed by atoms with E-state index in [1.165, 1.54) is 7.11 Å². The molecule has 0 unspecified atom stereocenters. The molecule has 0 aliphatic heterocycles. The van der Waals surface area contributed by atoms with Crippen molar-refractivity contribution in [1.29, 1.82) is 0 Å². The molecule has 0 aliphatic carbocycles. The van der Waals surface area contributed by atoms with Gasteiger partial charge in [0.1, 0.15) is 6.04 Å². The summed E-state index contributed by atoms with van der Waals surface area (Å²) in [6.07, 6.45) is 1.46. The molecule has 0 aliphatic rings. The van der Waals surface area contributed by atoms with Gasteiger partial charge in [-0.15, -0.1) is 0 Å². The molecule has 2 N–H and O–H groups in total. The molecule has 0 fully saturated rings. The smallest absolute Gasteiger partial charge is 0.328 e. The van der Waals surface area contributed by atoms with Crippen molar-refractivity contribution in [1.82, 2.24) is 10.6 Å². The number of urea groups is 1. The first-order chi connectivity index (χ1) is 10.5. The summed E-state index contributed by atoms with van der Waals surface area (Å²) in [5.41, 5.74) is 1.08. The lowest BCUT2D eigenvalue weighted by Gasteiger charge is -2.22. The van der Waals surface area contributed by atoms with Gasteiger partial charge in [-0.05, 0) is 30.0 Å². The molecule has 1 aromatic carbocycles. The minimum atomic E-state index is -0.634. The highest BCUT2D eigenvalue weighted by atomic mass is 35.5. The number of benzene rings is 1. The molecule has 0 aromatic heterocycles. The molecule has 5 nitrogen and oxygen atoms in total. The van der Waals surface area contributed by atoms with Gasteiger partial charge in [0.05, 0.1) is 7.11 Å². The van der Waals surface area contributed by atoms with Crippen LogP contribution in [-0.4, -0.2) is 31.7 Å². The summed E-state index contributed by atoms with van der Waals surface area (Å²) in [6, 6.07) is 6.45. The van der Waals surface area contributed by atoms with E-state index in [1.54, 1.807) is 0 Å². The summed E-state index contributed by atoms with van der Waals surface area (Å²) in [6.45, 7) is 4.33. The zero-order chi connectivity index (χ0) is 16.5.